The Morgan fingerprint density at radius 3 is 2.67 bits per heavy atom. The van der Waals surface area contributed by atoms with Crippen LogP contribution in [0.25, 0.3) is 0 Å². The van der Waals surface area contributed by atoms with Gasteiger partial charge in [0.05, 0.1) is 10.7 Å². The molecule has 0 spiro atoms. The van der Waals surface area contributed by atoms with Crippen molar-refractivity contribution in [2.24, 2.45) is 0 Å². The van der Waals surface area contributed by atoms with Crippen LogP contribution < -0.4 is 10.2 Å². The monoisotopic (exact) mass is 266 g/mol. The minimum Gasteiger partial charge on any atom is -0.341 e. The second-order valence-electron chi connectivity index (χ2n) is 4.61. The molecule has 1 aromatic carbocycles. The third kappa shape index (κ3) is 1.97. The fourth-order valence-corrected chi connectivity index (χ4v) is 2.53. The van der Waals surface area contributed by atoms with Crippen molar-refractivity contribution in [1.29, 1.82) is 0 Å². The lowest BCUT2D eigenvalue weighted by Crippen LogP contribution is -2.40. The topological polar surface area (TPSA) is 49.4 Å². The summed E-state index contributed by atoms with van der Waals surface area (Å²) in [6, 6.07) is 4.72. The maximum absolute atomic E-state index is 12.3. The van der Waals surface area contributed by atoms with E-state index in [2.05, 4.69) is 5.32 Å². The van der Waals surface area contributed by atoms with Gasteiger partial charge in [0.15, 0.2) is 0 Å². The van der Waals surface area contributed by atoms with E-state index in [4.69, 9.17) is 11.6 Å². The molecule has 0 aliphatic carbocycles. The molecule has 0 radical (unpaired) electrons. The number of hydrogen-bond donors (Lipinski definition) is 1. The number of benzene rings is 1. The third-order valence-corrected chi connectivity index (χ3v) is 3.22. The molecule has 5 heteroatoms. The minimum atomic E-state index is -0.626. The third-order valence-electron chi connectivity index (χ3n) is 2.92. The van der Waals surface area contributed by atoms with E-state index in [1.807, 2.05) is 19.9 Å². The molecule has 0 saturated heterocycles. The smallest absolute Gasteiger partial charge is 0.254 e. The lowest BCUT2D eigenvalue weighted by molar-refractivity contribution is -0.126. The molecule has 2 amide bonds. The maximum Gasteiger partial charge on any atom is 0.254 e. The molecule has 1 atom stereocenters. The number of rotatable bonds is 2. The van der Waals surface area contributed by atoms with Crippen molar-refractivity contribution in [3.05, 3.63) is 28.8 Å². The van der Waals surface area contributed by atoms with Crippen molar-refractivity contribution in [2.75, 3.05) is 4.90 Å². The highest BCUT2D eigenvalue weighted by atomic mass is 35.5. The number of amides is 2. The van der Waals surface area contributed by atoms with E-state index in [0.29, 0.717) is 10.7 Å². The zero-order valence-corrected chi connectivity index (χ0v) is 11.3. The molecular weight excluding hydrogens is 252 g/mol. The summed E-state index contributed by atoms with van der Waals surface area (Å²) in [5.41, 5.74) is 1.47. The number of carbonyl (C=O) groups excluding carboxylic acids is 2. The number of anilines is 1. The fourth-order valence-electron chi connectivity index (χ4n) is 2.26. The molecule has 0 saturated carbocycles. The Balaban J connectivity index is 2.54. The van der Waals surface area contributed by atoms with E-state index < -0.39 is 6.04 Å². The highest BCUT2D eigenvalue weighted by molar-refractivity contribution is 6.34. The molecule has 1 aliphatic heterocycles. The number of fused-ring (bicyclic) bond motifs is 1. The Labute approximate surface area is 111 Å². The molecule has 1 aliphatic rings. The molecule has 0 bridgehead atoms. The lowest BCUT2D eigenvalue weighted by Gasteiger charge is -2.23. The van der Waals surface area contributed by atoms with Gasteiger partial charge in [-0.05, 0) is 19.9 Å². The first-order valence-corrected chi connectivity index (χ1v) is 6.20. The predicted molar refractivity (Wildman–Crippen MR) is 70.6 cm³/mol. The van der Waals surface area contributed by atoms with Gasteiger partial charge in [-0.25, -0.2) is 0 Å². The quantitative estimate of drug-likeness (QED) is 0.893. The molecule has 0 aromatic heterocycles. The van der Waals surface area contributed by atoms with Crippen LogP contribution in [0.2, 0.25) is 5.02 Å². The first-order valence-electron chi connectivity index (χ1n) is 5.82. The lowest BCUT2D eigenvalue weighted by atomic mass is 10.1. The van der Waals surface area contributed by atoms with Crippen LogP contribution in [0, 0.1) is 0 Å². The van der Waals surface area contributed by atoms with E-state index in [1.165, 1.54) is 6.92 Å². The van der Waals surface area contributed by atoms with Crippen LogP contribution in [0.1, 0.15) is 32.4 Å². The zero-order valence-electron chi connectivity index (χ0n) is 10.5. The Bertz CT molecular complexity index is 514. The van der Waals surface area contributed by atoms with Crippen molar-refractivity contribution in [3.63, 3.8) is 0 Å². The highest BCUT2D eigenvalue weighted by Crippen LogP contribution is 2.41. The highest BCUT2D eigenvalue weighted by Gasteiger charge is 2.40. The second-order valence-corrected chi connectivity index (χ2v) is 5.02. The molecule has 0 unspecified atom stereocenters. The largest absolute Gasteiger partial charge is 0.341 e. The average Bonchev–Trinajstić information content (AvgIpc) is 2.54. The van der Waals surface area contributed by atoms with E-state index in [0.717, 1.165) is 5.56 Å². The van der Waals surface area contributed by atoms with Crippen molar-refractivity contribution in [1.82, 2.24) is 5.32 Å². The molecular formula is C13H15ClN2O2. The van der Waals surface area contributed by atoms with Crippen LogP contribution in [-0.2, 0) is 9.59 Å². The average molecular weight is 267 g/mol. The van der Waals surface area contributed by atoms with E-state index in [-0.39, 0.29) is 17.9 Å². The molecule has 1 aromatic rings. The van der Waals surface area contributed by atoms with Crippen molar-refractivity contribution >= 4 is 29.1 Å². The summed E-state index contributed by atoms with van der Waals surface area (Å²) in [5.74, 6) is -0.367. The van der Waals surface area contributed by atoms with Gasteiger partial charge in [-0.2, -0.15) is 0 Å². The SMILES string of the molecule is CC(=O)N[C@H]1C(=O)N(C(C)C)c2c(Cl)cccc21. The summed E-state index contributed by atoms with van der Waals surface area (Å²) in [4.78, 5) is 25.2. The maximum atomic E-state index is 12.3. The van der Waals surface area contributed by atoms with E-state index in [1.54, 1.807) is 17.0 Å². The van der Waals surface area contributed by atoms with Crippen LogP contribution in [0.15, 0.2) is 18.2 Å². The fraction of sp³-hybridized carbons (Fsp3) is 0.385. The molecule has 4 nitrogen and oxygen atoms in total. The molecule has 18 heavy (non-hydrogen) atoms. The number of halogens is 1. The number of nitrogens with one attached hydrogen (secondary N) is 1. The van der Waals surface area contributed by atoms with Crippen LogP contribution >= 0.6 is 11.6 Å². The normalized spacial score (nSPS) is 18.2. The summed E-state index contributed by atoms with van der Waals surface area (Å²) in [6.45, 7) is 5.23. The van der Waals surface area contributed by atoms with Gasteiger partial charge in [0.25, 0.3) is 5.91 Å². The van der Waals surface area contributed by atoms with Crippen LogP contribution in [-0.4, -0.2) is 17.9 Å². The Morgan fingerprint density at radius 1 is 1.44 bits per heavy atom. The van der Waals surface area contributed by atoms with Gasteiger partial charge < -0.3 is 10.2 Å². The zero-order chi connectivity index (χ0) is 13.4. The van der Waals surface area contributed by atoms with Gasteiger partial charge in [-0.15, -0.1) is 0 Å². The summed E-state index contributed by atoms with van der Waals surface area (Å²) in [7, 11) is 0. The van der Waals surface area contributed by atoms with Crippen LogP contribution in [0.3, 0.4) is 0 Å². The molecule has 1 heterocycles. The van der Waals surface area contributed by atoms with Gasteiger partial charge in [-0.3, -0.25) is 9.59 Å². The first kappa shape index (κ1) is 12.9. The Morgan fingerprint density at radius 2 is 2.11 bits per heavy atom. The number of carbonyl (C=O) groups is 2. The standard InChI is InChI=1S/C13H15ClN2O2/c1-7(2)16-12-9(5-4-6-10(12)14)11(13(16)18)15-8(3)17/h4-7,11H,1-3H3,(H,15,17)/t11-/m1/s1. The van der Waals surface area contributed by atoms with Crippen LogP contribution in [0.5, 0.6) is 0 Å². The molecule has 1 N–H and O–H groups in total. The number of hydrogen-bond acceptors (Lipinski definition) is 2. The number of nitrogens with zero attached hydrogens (tertiary/aromatic N) is 1. The first-order chi connectivity index (χ1) is 8.43. The van der Waals surface area contributed by atoms with Crippen molar-refractivity contribution < 1.29 is 9.59 Å². The molecule has 96 valence electrons. The van der Waals surface area contributed by atoms with E-state index in [9.17, 15) is 9.59 Å². The predicted octanol–water partition coefficient (Wildman–Crippen LogP) is 2.27. The van der Waals surface area contributed by atoms with Crippen molar-refractivity contribution in [3.8, 4) is 0 Å². The van der Waals surface area contributed by atoms with Crippen molar-refractivity contribution in [2.45, 2.75) is 32.9 Å². The summed E-state index contributed by atoms with van der Waals surface area (Å²) in [5, 5.41) is 3.20. The van der Waals surface area contributed by atoms with Gasteiger partial charge >= 0.3 is 0 Å². The van der Waals surface area contributed by atoms with Crippen LogP contribution in [0.4, 0.5) is 5.69 Å². The van der Waals surface area contributed by atoms with E-state index >= 15 is 0 Å². The summed E-state index contributed by atoms with van der Waals surface area (Å²) in [6.07, 6.45) is 0. The van der Waals surface area contributed by atoms with Gasteiger partial charge in [0.1, 0.15) is 6.04 Å². The summed E-state index contributed by atoms with van der Waals surface area (Å²) < 4.78 is 0. The second kappa shape index (κ2) is 4.61. The minimum absolute atomic E-state index is 0.00471. The Hall–Kier alpha value is -1.55. The summed E-state index contributed by atoms with van der Waals surface area (Å²) >= 11 is 6.17. The Kier molecular flexibility index (Phi) is 3.30. The number of para-hydroxylation sites is 1. The molecule has 0 fully saturated rings. The van der Waals surface area contributed by atoms with Gasteiger partial charge in [-0.1, -0.05) is 23.7 Å². The van der Waals surface area contributed by atoms with Gasteiger partial charge in [0, 0.05) is 18.5 Å². The molecule has 2 rings (SSSR count). The van der Waals surface area contributed by atoms with Gasteiger partial charge in [0.2, 0.25) is 5.91 Å².